The highest BCUT2D eigenvalue weighted by Gasteiger charge is 2.28. The number of likely N-dealkylation sites (tertiary alicyclic amines) is 1. The highest BCUT2D eigenvalue weighted by Crippen LogP contribution is 2.22. The number of aromatic nitrogens is 3. The Morgan fingerprint density at radius 2 is 2.29 bits per heavy atom. The number of methoxy groups -OCH3 is 1. The van der Waals surface area contributed by atoms with Gasteiger partial charge in [-0.25, -0.2) is 4.98 Å². The van der Waals surface area contributed by atoms with Gasteiger partial charge in [0.15, 0.2) is 0 Å². The molecule has 0 saturated carbocycles. The molecule has 0 spiro atoms. The molecule has 24 heavy (non-hydrogen) atoms. The summed E-state index contributed by atoms with van der Waals surface area (Å²) in [5.74, 6) is 1.61. The normalized spacial score (nSPS) is 17.4. The number of hydrogen-bond acceptors (Lipinski definition) is 4. The molecule has 128 valence electrons. The van der Waals surface area contributed by atoms with E-state index in [1.54, 1.807) is 25.6 Å². The summed E-state index contributed by atoms with van der Waals surface area (Å²) < 4.78 is 7.40. The van der Waals surface area contributed by atoms with Gasteiger partial charge in [-0.1, -0.05) is 0 Å². The van der Waals surface area contributed by atoms with Crippen molar-refractivity contribution in [1.82, 2.24) is 19.4 Å². The lowest BCUT2D eigenvalue weighted by Gasteiger charge is -2.17. The number of carbonyl (C=O) groups excluding carboxylic acids is 1. The summed E-state index contributed by atoms with van der Waals surface area (Å²) in [6, 6.07) is 3.62. The highest BCUT2D eigenvalue weighted by molar-refractivity contribution is 5.94. The topological polar surface area (TPSA) is 60.2 Å². The van der Waals surface area contributed by atoms with E-state index in [9.17, 15) is 4.79 Å². The van der Waals surface area contributed by atoms with Crippen LogP contribution in [0, 0.1) is 12.8 Å². The standard InChI is InChI=1S/C18H24N4O2/c1-14-11-20-17(22(14)8-9-24-2)10-15-5-7-21(13-15)18(23)16-4-3-6-19-12-16/h3-4,6,11-12,15H,5,7-10,13H2,1-2H3. The third-order valence-corrected chi connectivity index (χ3v) is 4.61. The monoisotopic (exact) mass is 328 g/mol. The zero-order chi connectivity index (χ0) is 16.9. The van der Waals surface area contributed by atoms with E-state index >= 15 is 0 Å². The van der Waals surface area contributed by atoms with E-state index in [0.717, 1.165) is 44.0 Å². The second-order valence-electron chi connectivity index (χ2n) is 6.31. The summed E-state index contributed by atoms with van der Waals surface area (Å²) in [5.41, 5.74) is 1.82. The first-order valence-corrected chi connectivity index (χ1v) is 8.38. The number of hydrogen-bond donors (Lipinski definition) is 0. The molecule has 1 aliphatic heterocycles. The summed E-state index contributed by atoms with van der Waals surface area (Å²) in [7, 11) is 1.71. The Labute approximate surface area is 142 Å². The molecule has 1 unspecified atom stereocenters. The van der Waals surface area contributed by atoms with Gasteiger partial charge < -0.3 is 14.2 Å². The first-order valence-electron chi connectivity index (χ1n) is 8.38. The van der Waals surface area contributed by atoms with Crippen LogP contribution in [0.3, 0.4) is 0 Å². The van der Waals surface area contributed by atoms with Crippen LogP contribution in [0.2, 0.25) is 0 Å². The van der Waals surface area contributed by atoms with Crippen molar-refractivity contribution in [2.24, 2.45) is 5.92 Å². The molecule has 0 aromatic carbocycles. The third-order valence-electron chi connectivity index (χ3n) is 4.61. The quantitative estimate of drug-likeness (QED) is 0.813. The molecule has 1 aliphatic rings. The largest absolute Gasteiger partial charge is 0.383 e. The molecule has 0 aliphatic carbocycles. The van der Waals surface area contributed by atoms with Gasteiger partial charge in [0.1, 0.15) is 5.82 Å². The van der Waals surface area contributed by atoms with Crippen LogP contribution < -0.4 is 0 Å². The van der Waals surface area contributed by atoms with E-state index < -0.39 is 0 Å². The molecular weight excluding hydrogens is 304 g/mol. The predicted octanol–water partition coefficient (Wildman–Crippen LogP) is 1.94. The van der Waals surface area contributed by atoms with Gasteiger partial charge in [-0.3, -0.25) is 9.78 Å². The van der Waals surface area contributed by atoms with Crippen LogP contribution in [0.4, 0.5) is 0 Å². The lowest BCUT2D eigenvalue weighted by atomic mass is 10.0. The van der Waals surface area contributed by atoms with Gasteiger partial charge in [-0.05, 0) is 31.4 Å². The first-order chi connectivity index (χ1) is 11.7. The third kappa shape index (κ3) is 3.64. The molecule has 2 aromatic rings. The van der Waals surface area contributed by atoms with Gasteiger partial charge in [0.25, 0.3) is 5.91 Å². The molecular formula is C18H24N4O2. The van der Waals surface area contributed by atoms with Crippen molar-refractivity contribution in [3.8, 4) is 0 Å². The van der Waals surface area contributed by atoms with E-state index in [1.165, 1.54) is 0 Å². The van der Waals surface area contributed by atoms with Crippen LogP contribution in [0.15, 0.2) is 30.7 Å². The second kappa shape index (κ2) is 7.57. The number of rotatable bonds is 6. The maximum atomic E-state index is 12.5. The SMILES string of the molecule is COCCn1c(C)cnc1CC1CCN(C(=O)c2cccnc2)C1. The Morgan fingerprint density at radius 1 is 1.42 bits per heavy atom. The zero-order valence-corrected chi connectivity index (χ0v) is 14.3. The summed E-state index contributed by atoms with van der Waals surface area (Å²) in [6.07, 6.45) is 7.15. The number of nitrogens with zero attached hydrogens (tertiary/aromatic N) is 4. The molecule has 2 aromatic heterocycles. The fraction of sp³-hybridized carbons (Fsp3) is 0.500. The highest BCUT2D eigenvalue weighted by atomic mass is 16.5. The van der Waals surface area contributed by atoms with Crippen LogP contribution in [0.1, 0.15) is 28.3 Å². The van der Waals surface area contributed by atoms with Gasteiger partial charge in [0.2, 0.25) is 0 Å². The van der Waals surface area contributed by atoms with E-state index in [-0.39, 0.29) is 5.91 Å². The van der Waals surface area contributed by atoms with E-state index in [1.807, 2.05) is 17.2 Å². The molecule has 6 nitrogen and oxygen atoms in total. The van der Waals surface area contributed by atoms with Crippen molar-refractivity contribution in [2.45, 2.75) is 26.3 Å². The van der Waals surface area contributed by atoms with E-state index in [0.29, 0.717) is 18.1 Å². The van der Waals surface area contributed by atoms with Crippen molar-refractivity contribution < 1.29 is 9.53 Å². The molecule has 0 N–H and O–H groups in total. The van der Waals surface area contributed by atoms with Crippen LogP contribution in [-0.4, -0.2) is 52.1 Å². The maximum Gasteiger partial charge on any atom is 0.255 e. The molecule has 0 bridgehead atoms. The summed E-state index contributed by atoms with van der Waals surface area (Å²) in [6.45, 7) is 5.16. The van der Waals surface area contributed by atoms with E-state index in [2.05, 4.69) is 21.5 Å². The minimum atomic E-state index is 0.0736. The van der Waals surface area contributed by atoms with Crippen molar-refractivity contribution >= 4 is 5.91 Å². The summed E-state index contributed by atoms with van der Waals surface area (Å²) >= 11 is 0. The fourth-order valence-electron chi connectivity index (χ4n) is 3.28. The van der Waals surface area contributed by atoms with Crippen molar-refractivity contribution in [3.63, 3.8) is 0 Å². The first kappa shape index (κ1) is 16.6. The molecule has 1 amide bonds. The van der Waals surface area contributed by atoms with Gasteiger partial charge >= 0.3 is 0 Å². The van der Waals surface area contributed by atoms with Crippen molar-refractivity contribution in [3.05, 3.63) is 47.8 Å². The molecule has 1 atom stereocenters. The smallest absolute Gasteiger partial charge is 0.255 e. The number of carbonyl (C=O) groups is 1. The maximum absolute atomic E-state index is 12.5. The van der Waals surface area contributed by atoms with Gasteiger partial charge in [0, 0.05) is 57.4 Å². The number of ether oxygens (including phenoxy) is 1. The fourth-order valence-corrected chi connectivity index (χ4v) is 3.28. The van der Waals surface area contributed by atoms with Crippen LogP contribution in [0.25, 0.3) is 0 Å². The minimum absolute atomic E-state index is 0.0736. The number of pyridine rings is 1. The number of amides is 1. The zero-order valence-electron chi connectivity index (χ0n) is 14.3. The number of imidazole rings is 1. The Balaban J connectivity index is 1.62. The molecule has 1 saturated heterocycles. The average Bonchev–Trinajstić information content (AvgIpc) is 3.21. The number of aryl methyl sites for hydroxylation is 1. The summed E-state index contributed by atoms with van der Waals surface area (Å²) in [4.78, 5) is 23.0. The molecule has 1 fully saturated rings. The van der Waals surface area contributed by atoms with Crippen LogP contribution in [0.5, 0.6) is 0 Å². The van der Waals surface area contributed by atoms with Crippen molar-refractivity contribution in [1.29, 1.82) is 0 Å². The molecule has 3 heterocycles. The average molecular weight is 328 g/mol. The molecule has 3 rings (SSSR count). The van der Waals surface area contributed by atoms with Gasteiger partial charge in [-0.15, -0.1) is 0 Å². The minimum Gasteiger partial charge on any atom is -0.383 e. The van der Waals surface area contributed by atoms with Crippen LogP contribution >= 0.6 is 0 Å². The Bertz CT molecular complexity index is 684. The Hall–Kier alpha value is -2.21. The second-order valence-corrected chi connectivity index (χ2v) is 6.31. The van der Waals surface area contributed by atoms with Crippen LogP contribution in [-0.2, 0) is 17.7 Å². The summed E-state index contributed by atoms with van der Waals surface area (Å²) in [5, 5.41) is 0. The van der Waals surface area contributed by atoms with Gasteiger partial charge in [0.05, 0.1) is 12.2 Å². The van der Waals surface area contributed by atoms with Gasteiger partial charge in [-0.2, -0.15) is 0 Å². The Kier molecular flexibility index (Phi) is 5.25. The predicted molar refractivity (Wildman–Crippen MR) is 90.8 cm³/mol. The van der Waals surface area contributed by atoms with Crippen molar-refractivity contribution in [2.75, 3.05) is 26.8 Å². The molecule has 6 heteroatoms. The molecule has 0 radical (unpaired) electrons. The Morgan fingerprint density at radius 3 is 3.04 bits per heavy atom. The van der Waals surface area contributed by atoms with E-state index in [4.69, 9.17) is 4.74 Å². The lowest BCUT2D eigenvalue weighted by molar-refractivity contribution is 0.0786. The lowest BCUT2D eigenvalue weighted by Crippen LogP contribution is -2.29.